The first-order chi connectivity index (χ1) is 5.41. The molecule has 0 fully saturated rings. The molecule has 0 aliphatic rings. The van der Waals surface area contributed by atoms with E-state index >= 15 is 0 Å². The van der Waals surface area contributed by atoms with Gasteiger partial charge in [-0.1, -0.05) is 11.6 Å². The number of halogens is 2. The molecule has 0 radical (unpaired) electrons. The summed E-state index contributed by atoms with van der Waals surface area (Å²) in [7, 11) is -4.73. The molecule has 0 N–H and O–H groups in total. The van der Waals surface area contributed by atoms with Crippen molar-refractivity contribution in [1.29, 1.82) is 0 Å². The summed E-state index contributed by atoms with van der Waals surface area (Å²) in [5.74, 6) is -1.13. The predicted octanol–water partition coefficient (Wildman–Crippen LogP) is -1.61. The average Bonchev–Trinajstić information content (AvgIpc) is 1.83. The Hall–Kier alpha value is 0.350. The predicted molar refractivity (Wildman–Crippen MR) is 39.4 cm³/mol. The van der Waals surface area contributed by atoms with E-state index in [1.807, 2.05) is 0 Å². The molecule has 0 amide bonds. The Kier molecular flexibility index (Phi) is 4.85. The number of rotatable bonds is 1. The van der Waals surface area contributed by atoms with Crippen molar-refractivity contribution in [2.75, 3.05) is 0 Å². The maximum Gasteiger partial charge on any atom is 1.00 e. The number of benzene rings is 1. The molecule has 0 heterocycles. The van der Waals surface area contributed by atoms with Crippen molar-refractivity contribution in [3.63, 3.8) is 0 Å². The van der Waals surface area contributed by atoms with Crippen LogP contribution in [0.15, 0.2) is 23.1 Å². The molecule has 0 atom stereocenters. The topological polar surface area (TPSA) is 57.2 Å². The zero-order chi connectivity index (χ0) is 9.35. The molecule has 1 aromatic carbocycles. The summed E-state index contributed by atoms with van der Waals surface area (Å²) < 4.78 is 43.7. The van der Waals surface area contributed by atoms with Gasteiger partial charge in [0.25, 0.3) is 0 Å². The molecule has 0 spiro atoms. The first-order valence-electron chi connectivity index (χ1n) is 2.82. The molecule has 0 bridgehead atoms. The fraction of sp³-hybridized carbons (Fsp3) is 0. The molecule has 1 aromatic rings. The Morgan fingerprint density at radius 1 is 1.38 bits per heavy atom. The van der Waals surface area contributed by atoms with Gasteiger partial charge in [-0.15, -0.1) is 0 Å². The van der Waals surface area contributed by atoms with E-state index in [4.69, 9.17) is 11.6 Å². The van der Waals surface area contributed by atoms with Gasteiger partial charge in [-0.3, -0.25) is 0 Å². The molecular weight excluding hydrogens is 230 g/mol. The third-order valence-electron chi connectivity index (χ3n) is 1.16. The van der Waals surface area contributed by atoms with E-state index in [2.05, 4.69) is 0 Å². The second kappa shape index (κ2) is 4.72. The molecule has 66 valence electrons. The Labute approximate surface area is 102 Å². The van der Waals surface area contributed by atoms with Crippen molar-refractivity contribution in [1.82, 2.24) is 0 Å². The van der Waals surface area contributed by atoms with Crippen molar-refractivity contribution in [3.05, 3.63) is 29.0 Å². The molecular formula is C6H3ClFNaO3S. The van der Waals surface area contributed by atoms with Gasteiger partial charge in [-0.05, 0) is 18.2 Å². The van der Waals surface area contributed by atoms with Crippen molar-refractivity contribution in [3.8, 4) is 0 Å². The zero-order valence-electron chi connectivity index (χ0n) is 6.62. The van der Waals surface area contributed by atoms with Crippen molar-refractivity contribution in [2.45, 2.75) is 4.90 Å². The molecule has 3 nitrogen and oxygen atoms in total. The van der Waals surface area contributed by atoms with Crippen LogP contribution >= 0.6 is 11.6 Å². The van der Waals surface area contributed by atoms with Crippen LogP contribution in [0.2, 0.25) is 5.02 Å². The summed E-state index contributed by atoms with van der Waals surface area (Å²) in [6.07, 6.45) is 0. The summed E-state index contributed by atoms with van der Waals surface area (Å²) in [6.45, 7) is 0. The Morgan fingerprint density at radius 3 is 2.31 bits per heavy atom. The molecule has 0 aliphatic carbocycles. The van der Waals surface area contributed by atoms with Gasteiger partial charge in [-0.25, -0.2) is 12.8 Å². The van der Waals surface area contributed by atoms with Crippen LogP contribution in [-0.2, 0) is 10.1 Å². The van der Waals surface area contributed by atoms with Gasteiger partial charge in [0, 0.05) is 5.02 Å². The van der Waals surface area contributed by atoms with Gasteiger partial charge in [-0.2, -0.15) is 0 Å². The fourth-order valence-corrected chi connectivity index (χ4v) is 1.37. The van der Waals surface area contributed by atoms with Crippen LogP contribution in [0.5, 0.6) is 0 Å². The Balaban J connectivity index is 0.00000144. The first kappa shape index (κ1) is 13.4. The fourth-order valence-electron chi connectivity index (χ4n) is 0.678. The summed E-state index contributed by atoms with van der Waals surface area (Å²) in [5.41, 5.74) is 0. The van der Waals surface area contributed by atoms with Gasteiger partial charge < -0.3 is 4.55 Å². The minimum Gasteiger partial charge on any atom is -0.744 e. The summed E-state index contributed by atoms with van der Waals surface area (Å²) >= 11 is 5.33. The molecule has 0 saturated carbocycles. The number of hydrogen-bond acceptors (Lipinski definition) is 3. The standard InChI is InChI=1S/C6H4ClFO3S.Na/c7-4-1-2-6(5(8)3-4)12(9,10)11;/h1-3H,(H,9,10,11);/q;+1/p-1. The van der Waals surface area contributed by atoms with E-state index in [1.54, 1.807) is 0 Å². The van der Waals surface area contributed by atoms with Gasteiger partial charge in [0.05, 0.1) is 4.90 Å². The molecule has 0 aromatic heterocycles. The SMILES string of the molecule is O=S(=O)([O-])c1ccc(Cl)cc1F.[Na+]. The maximum atomic E-state index is 12.7. The second-order valence-corrected chi connectivity index (χ2v) is 3.81. The van der Waals surface area contributed by atoms with Crippen LogP contribution in [0.25, 0.3) is 0 Å². The summed E-state index contributed by atoms with van der Waals surface area (Å²) in [6, 6.07) is 2.74. The largest absolute Gasteiger partial charge is 1.00 e. The van der Waals surface area contributed by atoms with Crippen LogP contribution in [0.4, 0.5) is 4.39 Å². The van der Waals surface area contributed by atoms with Crippen LogP contribution in [0.1, 0.15) is 0 Å². The summed E-state index contributed by atoms with van der Waals surface area (Å²) in [4.78, 5) is -0.882. The average molecular weight is 233 g/mol. The quantitative estimate of drug-likeness (QED) is 0.432. The van der Waals surface area contributed by atoms with Gasteiger partial charge in [0.1, 0.15) is 15.9 Å². The van der Waals surface area contributed by atoms with Gasteiger partial charge in [0.2, 0.25) is 0 Å². The van der Waals surface area contributed by atoms with E-state index < -0.39 is 20.8 Å². The third-order valence-corrected chi connectivity index (χ3v) is 2.27. The number of hydrogen-bond donors (Lipinski definition) is 0. The van der Waals surface area contributed by atoms with E-state index in [1.165, 1.54) is 0 Å². The normalized spacial score (nSPS) is 10.7. The second-order valence-electron chi connectivity index (χ2n) is 2.03. The molecule has 0 saturated heterocycles. The van der Waals surface area contributed by atoms with E-state index in [0.29, 0.717) is 0 Å². The molecule has 0 aliphatic heterocycles. The van der Waals surface area contributed by atoms with Gasteiger partial charge >= 0.3 is 29.6 Å². The van der Waals surface area contributed by atoms with E-state index in [0.717, 1.165) is 18.2 Å². The molecule has 7 heteroatoms. The van der Waals surface area contributed by atoms with Crippen molar-refractivity contribution in [2.24, 2.45) is 0 Å². The van der Waals surface area contributed by atoms with E-state index in [9.17, 15) is 17.4 Å². The monoisotopic (exact) mass is 232 g/mol. The Morgan fingerprint density at radius 2 is 1.92 bits per heavy atom. The molecule has 1 rings (SSSR count). The van der Waals surface area contributed by atoms with Crippen LogP contribution < -0.4 is 29.6 Å². The Bertz CT molecular complexity index is 406. The summed E-state index contributed by atoms with van der Waals surface area (Å²) in [5, 5.41) is 0.0416. The van der Waals surface area contributed by atoms with Crippen molar-refractivity contribution >= 4 is 21.7 Å². The van der Waals surface area contributed by atoms with Crippen molar-refractivity contribution < 1.29 is 46.9 Å². The zero-order valence-corrected chi connectivity index (χ0v) is 10.2. The first-order valence-corrected chi connectivity index (χ1v) is 4.61. The van der Waals surface area contributed by atoms with E-state index in [-0.39, 0.29) is 34.6 Å². The van der Waals surface area contributed by atoms with Gasteiger partial charge in [0.15, 0.2) is 0 Å². The molecule has 0 unspecified atom stereocenters. The minimum atomic E-state index is -4.73. The smallest absolute Gasteiger partial charge is 0.744 e. The maximum absolute atomic E-state index is 12.7. The molecule has 13 heavy (non-hydrogen) atoms. The minimum absolute atomic E-state index is 0. The van der Waals surface area contributed by atoms with Crippen LogP contribution in [0.3, 0.4) is 0 Å². The van der Waals surface area contributed by atoms with Crippen LogP contribution in [0, 0.1) is 5.82 Å². The van der Waals surface area contributed by atoms with Crippen LogP contribution in [-0.4, -0.2) is 13.0 Å². The third kappa shape index (κ3) is 3.53.